The van der Waals surface area contributed by atoms with Crippen molar-refractivity contribution in [2.45, 2.75) is 37.4 Å². The summed E-state index contributed by atoms with van der Waals surface area (Å²) in [7, 11) is 0. The van der Waals surface area contributed by atoms with Crippen molar-refractivity contribution in [3.05, 3.63) is 70.8 Å². The molecule has 1 heterocycles. The highest BCUT2D eigenvalue weighted by molar-refractivity contribution is 5.34. The molecule has 8 heteroatoms. The lowest BCUT2D eigenvalue weighted by atomic mass is 9.82. The normalized spacial score (nSPS) is 22.2. The highest BCUT2D eigenvalue weighted by Gasteiger charge is 2.37. The fourth-order valence-electron chi connectivity index (χ4n) is 3.64. The second kappa shape index (κ2) is 9.33. The highest BCUT2D eigenvalue weighted by Crippen LogP contribution is 2.38. The van der Waals surface area contributed by atoms with Crippen LogP contribution in [0.15, 0.2) is 48.5 Å². The molecule has 166 valence electrons. The smallest absolute Gasteiger partial charge is 0.352 e. The van der Waals surface area contributed by atoms with E-state index in [4.69, 9.17) is 15.9 Å². The molecular weight excluding hydrogens is 422 g/mol. The van der Waals surface area contributed by atoms with E-state index in [1.54, 1.807) is 0 Å². The first-order chi connectivity index (χ1) is 14.6. The second-order valence-electron chi connectivity index (χ2n) is 7.27. The van der Waals surface area contributed by atoms with Crippen LogP contribution in [0.1, 0.15) is 34.6 Å². The van der Waals surface area contributed by atoms with E-state index >= 15 is 0 Å². The molecule has 0 aliphatic carbocycles. The summed E-state index contributed by atoms with van der Waals surface area (Å²) in [4.78, 5) is 0. The molecular formula is C23H20F6O2. The molecule has 0 spiro atoms. The van der Waals surface area contributed by atoms with Crippen LogP contribution in [-0.4, -0.2) is 19.5 Å². The van der Waals surface area contributed by atoms with Crippen LogP contribution < -0.4 is 0 Å². The van der Waals surface area contributed by atoms with Crippen molar-refractivity contribution in [3.8, 4) is 12.3 Å². The Labute approximate surface area is 176 Å². The third-order valence-electron chi connectivity index (χ3n) is 5.16. The van der Waals surface area contributed by atoms with E-state index in [0.29, 0.717) is 25.2 Å². The van der Waals surface area contributed by atoms with Crippen LogP contribution in [0.3, 0.4) is 0 Å². The van der Waals surface area contributed by atoms with Gasteiger partial charge in [-0.05, 0) is 42.2 Å². The number of hydrogen-bond donors (Lipinski definition) is 0. The van der Waals surface area contributed by atoms with Gasteiger partial charge in [-0.25, -0.2) is 0 Å². The van der Waals surface area contributed by atoms with Crippen LogP contribution in [0.2, 0.25) is 0 Å². The summed E-state index contributed by atoms with van der Waals surface area (Å²) in [5.41, 5.74) is -1.92. The van der Waals surface area contributed by atoms with Crippen molar-refractivity contribution in [2.75, 3.05) is 13.2 Å². The van der Waals surface area contributed by atoms with E-state index in [1.165, 1.54) is 0 Å². The van der Waals surface area contributed by atoms with Crippen LogP contribution in [0, 0.1) is 18.3 Å². The van der Waals surface area contributed by atoms with Gasteiger partial charge in [0.05, 0.1) is 24.3 Å². The van der Waals surface area contributed by atoms with Gasteiger partial charge < -0.3 is 9.47 Å². The fourth-order valence-corrected chi connectivity index (χ4v) is 3.64. The average Bonchev–Trinajstić information content (AvgIpc) is 2.72. The molecule has 0 unspecified atom stereocenters. The van der Waals surface area contributed by atoms with Gasteiger partial charge in [-0.3, -0.25) is 0 Å². The van der Waals surface area contributed by atoms with Gasteiger partial charge in [0.15, 0.2) is 6.29 Å². The fraction of sp³-hybridized carbons (Fsp3) is 0.391. The molecule has 0 saturated carbocycles. The molecule has 2 nitrogen and oxygen atoms in total. The molecule has 2 aromatic rings. The molecule has 3 rings (SSSR count). The van der Waals surface area contributed by atoms with E-state index in [0.717, 1.165) is 5.56 Å². The van der Waals surface area contributed by atoms with E-state index < -0.39 is 29.8 Å². The summed E-state index contributed by atoms with van der Waals surface area (Å²) in [5.74, 6) is 2.28. The number of rotatable bonds is 5. The lowest BCUT2D eigenvalue weighted by Crippen LogP contribution is -2.36. The van der Waals surface area contributed by atoms with Crippen LogP contribution in [-0.2, 0) is 28.2 Å². The van der Waals surface area contributed by atoms with Crippen LogP contribution in [0.25, 0.3) is 0 Å². The van der Waals surface area contributed by atoms with Crippen LogP contribution >= 0.6 is 0 Å². The third kappa shape index (κ3) is 5.81. The minimum Gasteiger partial charge on any atom is -0.352 e. The lowest BCUT2D eigenvalue weighted by Gasteiger charge is -2.36. The lowest BCUT2D eigenvalue weighted by molar-refractivity contribution is -0.181. The summed E-state index contributed by atoms with van der Waals surface area (Å²) < 4.78 is 89.6. The Morgan fingerprint density at radius 1 is 0.968 bits per heavy atom. The maximum atomic E-state index is 13.0. The summed E-state index contributed by atoms with van der Waals surface area (Å²) in [6, 6.07) is 10.8. The van der Waals surface area contributed by atoms with Gasteiger partial charge in [0.1, 0.15) is 0 Å². The molecule has 1 aliphatic heterocycles. The maximum Gasteiger partial charge on any atom is 0.416 e. The number of benzene rings is 2. The van der Waals surface area contributed by atoms with E-state index in [1.807, 2.05) is 30.3 Å². The standard InChI is InChI=1S/C23H20F6O2/c1-2-16-9-11-31-21(20(16)17-6-4-3-5-7-17)30-10-8-15-12-18(22(24,25)26)14-19(13-15)23(27,28)29/h1,3-7,12-14,16,20-21H,8-11H2/t16-,20-,21+/m1/s1. The quantitative estimate of drug-likeness (QED) is 0.414. The zero-order valence-corrected chi connectivity index (χ0v) is 16.3. The van der Waals surface area contributed by atoms with Gasteiger partial charge in [0.25, 0.3) is 0 Å². The Balaban J connectivity index is 1.76. The van der Waals surface area contributed by atoms with E-state index in [-0.39, 0.29) is 36.5 Å². The van der Waals surface area contributed by atoms with Gasteiger partial charge in [-0.15, -0.1) is 12.3 Å². The third-order valence-corrected chi connectivity index (χ3v) is 5.16. The number of terminal acetylenes is 1. The molecule has 31 heavy (non-hydrogen) atoms. The van der Waals surface area contributed by atoms with Gasteiger partial charge in [-0.2, -0.15) is 26.3 Å². The van der Waals surface area contributed by atoms with Crippen molar-refractivity contribution in [3.63, 3.8) is 0 Å². The number of ether oxygens (including phenoxy) is 2. The Hall–Kier alpha value is -2.50. The van der Waals surface area contributed by atoms with Crippen molar-refractivity contribution in [1.82, 2.24) is 0 Å². The summed E-state index contributed by atoms with van der Waals surface area (Å²) in [6.07, 6.45) is -4.39. The van der Waals surface area contributed by atoms with Crippen molar-refractivity contribution >= 4 is 0 Å². The largest absolute Gasteiger partial charge is 0.416 e. The molecule has 2 aromatic carbocycles. The number of hydrogen-bond acceptors (Lipinski definition) is 2. The summed E-state index contributed by atoms with van der Waals surface area (Å²) in [6.45, 7) is 0.231. The zero-order valence-electron chi connectivity index (χ0n) is 16.3. The molecule has 3 atom stereocenters. The molecule has 1 fully saturated rings. The molecule has 0 N–H and O–H groups in total. The maximum absolute atomic E-state index is 13.0. The van der Waals surface area contributed by atoms with Crippen molar-refractivity contribution in [2.24, 2.45) is 5.92 Å². The first-order valence-electron chi connectivity index (χ1n) is 9.62. The highest BCUT2D eigenvalue weighted by atomic mass is 19.4. The second-order valence-corrected chi connectivity index (χ2v) is 7.27. The number of halogens is 6. The van der Waals surface area contributed by atoms with Gasteiger partial charge >= 0.3 is 12.4 Å². The SMILES string of the molecule is C#C[C@@H]1CCO[C@H](OCCc2cc(C(F)(F)F)cc(C(F)(F)F)c2)[C@H]1c1ccccc1. The Morgan fingerprint density at radius 2 is 1.58 bits per heavy atom. The first kappa shape index (κ1) is 23.2. The molecule has 1 saturated heterocycles. The van der Waals surface area contributed by atoms with Gasteiger partial charge in [0.2, 0.25) is 0 Å². The monoisotopic (exact) mass is 442 g/mol. The zero-order chi connectivity index (χ0) is 22.6. The molecule has 0 bridgehead atoms. The molecule has 0 radical (unpaired) electrons. The average molecular weight is 442 g/mol. The van der Waals surface area contributed by atoms with Gasteiger partial charge in [0, 0.05) is 11.8 Å². The minimum absolute atomic E-state index is 0.109. The van der Waals surface area contributed by atoms with Crippen LogP contribution in [0.4, 0.5) is 26.3 Å². The predicted octanol–water partition coefficient (Wildman–Crippen LogP) is 6.06. The minimum atomic E-state index is -4.89. The Bertz CT molecular complexity index is 882. The topological polar surface area (TPSA) is 18.5 Å². The molecule has 0 amide bonds. The van der Waals surface area contributed by atoms with Gasteiger partial charge in [-0.1, -0.05) is 30.3 Å². The van der Waals surface area contributed by atoms with E-state index in [9.17, 15) is 26.3 Å². The van der Waals surface area contributed by atoms with Crippen molar-refractivity contribution in [1.29, 1.82) is 0 Å². The predicted molar refractivity (Wildman–Crippen MR) is 102 cm³/mol. The summed E-state index contributed by atoms with van der Waals surface area (Å²) >= 11 is 0. The van der Waals surface area contributed by atoms with Crippen LogP contribution in [0.5, 0.6) is 0 Å². The molecule has 0 aromatic heterocycles. The Morgan fingerprint density at radius 3 is 2.13 bits per heavy atom. The Kier molecular flexibility index (Phi) is 6.97. The van der Waals surface area contributed by atoms with E-state index in [2.05, 4.69) is 5.92 Å². The first-order valence-corrected chi connectivity index (χ1v) is 9.62. The number of alkyl halides is 6. The molecule has 1 aliphatic rings. The van der Waals surface area contributed by atoms with Crippen molar-refractivity contribution < 1.29 is 35.8 Å². The summed E-state index contributed by atoms with van der Waals surface area (Å²) in [5, 5.41) is 0.